The number of aromatic nitrogens is 1. The van der Waals surface area contributed by atoms with Gasteiger partial charge in [-0.05, 0) is 46.8 Å². The van der Waals surface area contributed by atoms with E-state index in [2.05, 4.69) is 36.7 Å². The monoisotopic (exact) mass is 225 g/mol. The highest BCUT2D eigenvalue weighted by Crippen LogP contribution is 2.27. The first-order valence-corrected chi connectivity index (χ1v) is 6.27. The normalized spacial score (nSPS) is 14.3. The van der Waals surface area contributed by atoms with E-state index in [0.717, 1.165) is 8.19 Å². The summed E-state index contributed by atoms with van der Waals surface area (Å²) in [6, 6.07) is 6.30. The van der Waals surface area contributed by atoms with Crippen LogP contribution in [0.25, 0.3) is 17.7 Å². The van der Waals surface area contributed by atoms with Crippen LogP contribution in [0.2, 0.25) is 0 Å². The molecule has 0 saturated heterocycles. The lowest BCUT2D eigenvalue weighted by Crippen LogP contribution is -1.96. The van der Waals surface area contributed by atoms with Crippen molar-refractivity contribution in [2.75, 3.05) is 0 Å². The van der Waals surface area contributed by atoms with Gasteiger partial charge in [0.15, 0.2) is 0 Å². The zero-order valence-electron chi connectivity index (χ0n) is 9.12. The first-order chi connectivity index (χ1) is 7.75. The van der Waals surface area contributed by atoms with Gasteiger partial charge in [0.25, 0.3) is 0 Å². The van der Waals surface area contributed by atoms with Gasteiger partial charge in [-0.1, -0.05) is 12.6 Å². The molecule has 0 radical (unpaired) electrons. The first-order valence-electron chi connectivity index (χ1n) is 5.27. The molecule has 0 saturated carbocycles. The van der Waals surface area contributed by atoms with E-state index >= 15 is 0 Å². The Labute approximate surface area is 95.9 Å². The minimum absolute atomic E-state index is 0.748. The second-order valence-electron chi connectivity index (χ2n) is 4.07. The first kappa shape index (κ1) is 9.62. The van der Waals surface area contributed by atoms with Gasteiger partial charge in [0.2, 0.25) is 0 Å². The van der Waals surface area contributed by atoms with Crippen LogP contribution in [0.1, 0.15) is 18.1 Å². The molecular formula is C14H12NP. The van der Waals surface area contributed by atoms with Gasteiger partial charge < -0.3 is 0 Å². The standard InChI is InChI=1S/C14H12NP/c1-9-6-12(11-4-3-5-15-8-11)13-7-10(2)16-14(9)13/h3-8,16H,2H2,1H3. The highest BCUT2D eigenvalue weighted by molar-refractivity contribution is 7.28. The summed E-state index contributed by atoms with van der Waals surface area (Å²) < 4.78 is 0. The number of fused-ring (bicyclic) bond motifs is 1. The van der Waals surface area contributed by atoms with E-state index in [-0.39, 0.29) is 0 Å². The topological polar surface area (TPSA) is 12.9 Å². The molecule has 78 valence electrons. The van der Waals surface area contributed by atoms with Crippen molar-refractivity contribution in [3.8, 4) is 0 Å². The predicted molar refractivity (Wildman–Crippen MR) is 71.1 cm³/mol. The molecule has 3 rings (SSSR count). The molecule has 1 unspecified atom stereocenters. The Morgan fingerprint density at radius 2 is 2.25 bits per heavy atom. The molecule has 0 spiro atoms. The molecule has 2 aromatic rings. The van der Waals surface area contributed by atoms with Crippen molar-refractivity contribution in [1.82, 2.24) is 4.98 Å². The second kappa shape index (κ2) is 3.47. The lowest BCUT2D eigenvalue weighted by atomic mass is 10.0. The molecule has 0 aliphatic heterocycles. The molecule has 1 nitrogen and oxygen atoms in total. The van der Waals surface area contributed by atoms with Crippen molar-refractivity contribution in [2.24, 2.45) is 0 Å². The molecule has 1 aliphatic carbocycles. The summed E-state index contributed by atoms with van der Waals surface area (Å²) >= 11 is 0. The summed E-state index contributed by atoms with van der Waals surface area (Å²) in [6.45, 7) is 6.24. The summed E-state index contributed by atoms with van der Waals surface area (Å²) in [5.41, 5.74) is 5.23. The minimum atomic E-state index is 0.748. The highest BCUT2D eigenvalue weighted by Gasteiger charge is 2.14. The molecule has 2 heteroatoms. The fraction of sp³-hybridized carbons (Fsp3) is 0.0714. The van der Waals surface area contributed by atoms with Crippen LogP contribution in [0, 0.1) is 0 Å². The van der Waals surface area contributed by atoms with Gasteiger partial charge in [-0.3, -0.25) is 4.98 Å². The summed E-state index contributed by atoms with van der Waals surface area (Å²) in [5.74, 6) is 0. The van der Waals surface area contributed by atoms with Gasteiger partial charge >= 0.3 is 0 Å². The van der Waals surface area contributed by atoms with Gasteiger partial charge in [-0.2, -0.15) is 0 Å². The molecule has 0 bridgehead atoms. The Bertz CT molecular complexity index is 677. The quantitative estimate of drug-likeness (QED) is 0.724. The second-order valence-corrected chi connectivity index (χ2v) is 5.46. The SMILES string of the molecule is C=c1cc2c([pH]1)=C(C)C=C2c1cccnc1. The minimum Gasteiger partial charge on any atom is -0.264 e. The number of rotatable bonds is 1. The fourth-order valence-corrected chi connectivity index (χ4v) is 3.31. The average Bonchev–Trinajstić information content (AvgIpc) is 2.80. The van der Waals surface area contributed by atoms with E-state index in [1.807, 2.05) is 18.5 Å². The van der Waals surface area contributed by atoms with E-state index in [1.165, 1.54) is 32.2 Å². The maximum absolute atomic E-state index is 4.18. The summed E-state index contributed by atoms with van der Waals surface area (Å²) in [4.78, 5) is 6.88. The Balaban J connectivity index is 2.23. The van der Waals surface area contributed by atoms with Crippen molar-refractivity contribution in [3.63, 3.8) is 0 Å². The number of nitrogens with zero attached hydrogens (tertiary/aromatic N) is 1. The maximum Gasteiger partial charge on any atom is 0.0346 e. The van der Waals surface area contributed by atoms with Crippen molar-refractivity contribution < 1.29 is 0 Å². The molecule has 2 aromatic heterocycles. The molecule has 0 aromatic carbocycles. The van der Waals surface area contributed by atoms with Crippen molar-refractivity contribution in [2.45, 2.75) is 6.92 Å². The van der Waals surface area contributed by atoms with Crippen LogP contribution in [0.3, 0.4) is 0 Å². The molecule has 0 amide bonds. The van der Waals surface area contributed by atoms with E-state index < -0.39 is 0 Å². The lowest BCUT2D eigenvalue weighted by Gasteiger charge is -2.01. The molecule has 2 heterocycles. The predicted octanol–water partition coefficient (Wildman–Crippen LogP) is 2.14. The van der Waals surface area contributed by atoms with Crippen LogP contribution < -0.4 is 9.90 Å². The zero-order chi connectivity index (χ0) is 11.1. The number of allylic oxidation sites excluding steroid dienone is 1. The third-order valence-corrected chi connectivity index (χ3v) is 4.27. The van der Waals surface area contributed by atoms with Crippen LogP contribution in [-0.2, 0) is 0 Å². The van der Waals surface area contributed by atoms with Gasteiger partial charge in [-0.15, -0.1) is 8.19 Å². The summed E-state index contributed by atoms with van der Waals surface area (Å²) in [7, 11) is 0.748. The Hall–Kier alpha value is -1.59. The third-order valence-electron chi connectivity index (χ3n) is 2.89. The van der Waals surface area contributed by atoms with Gasteiger partial charge in [0, 0.05) is 22.9 Å². The fourth-order valence-electron chi connectivity index (χ4n) is 2.16. The van der Waals surface area contributed by atoms with Crippen molar-refractivity contribution in [1.29, 1.82) is 0 Å². The van der Waals surface area contributed by atoms with Crippen molar-refractivity contribution in [3.05, 3.63) is 57.7 Å². The smallest absolute Gasteiger partial charge is 0.0346 e. The Kier molecular flexibility index (Phi) is 2.08. The molecule has 0 N–H and O–H groups in total. The number of hydrogen-bond donors (Lipinski definition) is 0. The Morgan fingerprint density at radius 1 is 1.38 bits per heavy atom. The molecular weight excluding hydrogens is 213 g/mol. The van der Waals surface area contributed by atoms with E-state index in [9.17, 15) is 0 Å². The van der Waals surface area contributed by atoms with Crippen LogP contribution in [0.4, 0.5) is 0 Å². The molecule has 16 heavy (non-hydrogen) atoms. The van der Waals surface area contributed by atoms with E-state index in [4.69, 9.17) is 0 Å². The van der Waals surface area contributed by atoms with Gasteiger partial charge in [0.05, 0.1) is 0 Å². The molecule has 0 fully saturated rings. The highest BCUT2D eigenvalue weighted by atomic mass is 31.0. The number of hydrogen-bond acceptors (Lipinski definition) is 1. The molecule has 1 aliphatic rings. The van der Waals surface area contributed by atoms with Crippen LogP contribution >= 0.6 is 8.19 Å². The summed E-state index contributed by atoms with van der Waals surface area (Å²) in [5, 5.41) is 0. The molecule has 1 atom stereocenters. The zero-order valence-corrected chi connectivity index (χ0v) is 10.1. The van der Waals surface area contributed by atoms with Crippen molar-refractivity contribution >= 4 is 25.9 Å². The van der Waals surface area contributed by atoms with Crippen LogP contribution in [0.5, 0.6) is 0 Å². The van der Waals surface area contributed by atoms with E-state index in [0.29, 0.717) is 0 Å². The maximum atomic E-state index is 4.18. The lowest BCUT2D eigenvalue weighted by molar-refractivity contribution is 1.31. The third kappa shape index (κ3) is 1.36. The average molecular weight is 225 g/mol. The van der Waals surface area contributed by atoms with Crippen LogP contribution in [0.15, 0.2) is 36.7 Å². The largest absolute Gasteiger partial charge is 0.264 e. The van der Waals surface area contributed by atoms with Gasteiger partial charge in [-0.25, -0.2) is 0 Å². The number of pyridine rings is 1. The van der Waals surface area contributed by atoms with E-state index in [1.54, 1.807) is 0 Å². The Morgan fingerprint density at radius 3 is 3.00 bits per heavy atom. The van der Waals surface area contributed by atoms with Crippen LogP contribution in [-0.4, -0.2) is 4.98 Å². The van der Waals surface area contributed by atoms with Gasteiger partial charge in [0.1, 0.15) is 0 Å². The summed E-state index contributed by atoms with van der Waals surface area (Å²) in [6.07, 6.45) is 5.99.